The Balaban J connectivity index is 2.67. The zero-order valence-electron chi connectivity index (χ0n) is 7.27. The lowest BCUT2D eigenvalue weighted by Crippen LogP contribution is -2.10. The maximum Gasteiger partial charge on any atom is 0.351 e. The molecular formula is C8H11N3O2. The summed E-state index contributed by atoms with van der Waals surface area (Å²) in [4.78, 5) is 14.3. The fourth-order valence-electron chi connectivity index (χ4n) is 0.882. The highest BCUT2D eigenvalue weighted by atomic mass is 16.4. The van der Waals surface area contributed by atoms with E-state index >= 15 is 0 Å². The van der Waals surface area contributed by atoms with E-state index in [1.807, 2.05) is 11.6 Å². The molecule has 0 spiro atoms. The Hall–Kier alpha value is -1.78. The third-order valence-corrected chi connectivity index (χ3v) is 1.67. The van der Waals surface area contributed by atoms with Gasteiger partial charge in [0.05, 0.1) is 0 Å². The minimum Gasteiger partial charge on any atom is -0.477 e. The third kappa shape index (κ3) is 2.33. The highest BCUT2D eigenvalue weighted by Gasteiger charge is 2.01. The van der Waals surface area contributed by atoms with Crippen LogP contribution in [0.5, 0.6) is 0 Å². The number of aliphatic carboxylic acids is 1. The molecule has 70 valence electrons. The SMILES string of the molecule is Cn1ccnc1C/C=C(/N)C(=O)O. The molecule has 0 aliphatic carbocycles. The van der Waals surface area contributed by atoms with Crippen molar-refractivity contribution in [3.63, 3.8) is 0 Å². The van der Waals surface area contributed by atoms with Gasteiger partial charge in [-0.15, -0.1) is 0 Å². The van der Waals surface area contributed by atoms with Gasteiger partial charge in [0.1, 0.15) is 11.5 Å². The number of aromatic nitrogens is 2. The summed E-state index contributed by atoms with van der Waals surface area (Å²) in [7, 11) is 1.84. The Morgan fingerprint density at radius 3 is 3.00 bits per heavy atom. The standard InChI is InChI=1S/C8H11N3O2/c1-11-5-4-10-7(11)3-2-6(9)8(12)13/h2,4-5H,3,9H2,1H3,(H,12,13)/b6-2+. The van der Waals surface area contributed by atoms with Crippen molar-refractivity contribution in [3.8, 4) is 0 Å². The van der Waals surface area contributed by atoms with Gasteiger partial charge in [-0.3, -0.25) is 0 Å². The number of imidazole rings is 1. The fourth-order valence-corrected chi connectivity index (χ4v) is 0.882. The van der Waals surface area contributed by atoms with Crippen LogP contribution in [0.1, 0.15) is 5.82 Å². The Kier molecular flexibility index (Phi) is 2.69. The molecular weight excluding hydrogens is 170 g/mol. The predicted molar refractivity (Wildman–Crippen MR) is 46.8 cm³/mol. The quantitative estimate of drug-likeness (QED) is 0.637. The lowest BCUT2D eigenvalue weighted by atomic mass is 10.3. The van der Waals surface area contributed by atoms with E-state index in [0.29, 0.717) is 6.42 Å². The molecule has 1 heterocycles. The smallest absolute Gasteiger partial charge is 0.351 e. The second-order valence-corrected chi connectivity index (χ2v) is 2.62. The first kappa shape index (κ1) is 9.31. The van der Waals surface area contributed by atoms with Gasteiger partial charge in [-0.05, 0) is 6.08 Å². The van der Waals surface area contributed by atoms with Crippen LogP contribution in [0.25, 0.3) is 0 Å². The summed E-state index contributed by atoms with van der Waals surface area (Å²) in [5.74, 6) is -0.321. The largest absolute Gasteiger partial charge is 0.477 e. The number of aryl methyl sites for hydroxylation is 1. The van der Waals surface area contributed by atoms with E-state index in [1.54, 1.807) is 12.4 Å². The van der Waals surface area contributed by atoms with Crippen molar-refractivity contribution in [2.45, 2.75) is 6.42 Å². The molecule has 0 bridgehead atoms. The molecule has 0 saturated heterocycles. The minimum absolute atomic E-state index is 0.150. The minimum atomic E-state index is -1.10. The van der Waals surface area contributed by atoms with Crippen LogP contribution < -0.4 is 5.73 Å². The summed E-state index contributed by atoms with van der Waals surface area (Å²) in [5.41, 5.74) is 5.06. The van der Waals surface area contributed by atoms with Gasteiger partial charge < -0.3 is 15.4 Å². The Bertz CT molecular complexity index is 341. The zero-order chi connectivity index (χ0) is 9.84. The van der Waals surface area contributed by atoms with E-state index in [4.69, 9.17) is 10.8 Å². The highest BCUT2D eigenvalue weighted by Crippen LogP contribution is 1.97. The number of carboxylic acid groups (broad SMARTS) is 1. The number of carboxylic acids is 1. The van der Waals surface area contributed by atoms with Crippen molar-refractivity contribution in [2.24, 2.45) is 12.8 Å². The van der Waals surface area contributed by atoms with Crippen LogP contribution in [0.15, 0.2) is 24.2 Å². The van der Waals surface area contributed by atoms with E-state index in [1.165, 1.54) is 6.08 Å². The molecule has 0 saturated carbocycles. The van der Waals surface area contributed by atoms with Crippen LogP contribution in [0.4, 0.5) is 0 Å². The summed E-state index contributed by atoms with van der Waals surface area (Å²) in [6, 6.07) is 0. The third-order valence-electron chi connectivity index (χ3n) is 1.67. The second-order valence-electron chi connectivity index (χ2n) is 2.62. The molecule has 5 heteroatoms. The Morgan fingerprint density at radius 2 is 2.54 bits per heavy atom. The number of hydrogen-bond acceptors (Lipinski definition) is 3. The van der Waals surface area contributed by atoms with E-state index in [0.717, 1.165) is 5.82 Å². The summed E-state index contributed by atoms with van der Waals surface area (Å²) in [6.07, 6.45) is 5.31. The van der Waals surface area contributed by atoms with Crippen LogP contribution in [-0.4, -0.2) is 20.6 Å². The lowest BCUT2D eigenvalue weighted by Gasteiger charge is -1.97. The van der Waals surface area contributed by atoms with Crippen molar-refractivity contribution < 1.29 is 9.90 Å². The van der Waals surface area contributed by atoms with Crippen molar-refractivity contribution in [3.05, 3.63) is 30.0 Å². The molecule has 0 aliphatic rings. The first-order chi connectivity index (χ1) is 6.11. The Labute approximate surface area is 75.5 Å². The van der Waals surface area contributed by atoms with Crippen molar-refractivity contribution >= 4 is 5.97 Å². The molecule has 13 heavy (non-hydrogen) atoms. The molecule has 0 amide bonds. The molecule has 0 aliphatic heterocycles. The topological polar surface area (TPSA) is 81.1 Å². The van der Waals surface area contributed by atoms with Crippen LogP contribution in [0.2, 0.25) is 0 Å². The van der Waals surface area contributed by atoms with Crippen LogP contribution >= 0.6 is 0 Å². The van der Waals surface area contributed by atoms with Gasteiger partial charge in [0, 0.05) is 25.9 Å². The fraction of sp³-hybridized carbons (Fsp3) is 0.250. The van der Waals surface area contributed by atoms with Gasteiger partial charge in [-0.25, -0.2) is 9.78 Å². The molecule has 0 aromatic carbocycles. The van der Waals surface area contributed by atoms with Gasteiger partial charge in [0.25, 0.3) is 0 Å². The first-order valence-electron chi connectivity index (χ1n) is 3.76. The average Bonchev–Trinajstić information content (AvgIpc) is 2.47. The van der Waals surface area contributed by atoms with Crippen molar-refractivity contribution in [2.75, 3.05) is 0 Å². The first-order valence-corrected chi connectivity index (χ1v) is 3.76. The maximum atomic E-state index is 10.3. The maximum absolute atomic E-state index is 10.3. The number of carbonyl (C=O) groups is 1. The molecule has 3 N–H and O–H groups in total. The molecule has 1 aromatic rings. The van der Waals surface area contributed by atoms with E-state index in [2.05, 4.69) is 4.98 Å². The van der Waals surface area contributed by atoms with Crippen LogP contribution in [0, 0.1) is 0 Å². The Morgan fingerprint density at radius 1 is 1.85 bits per heavy atom. The number of nitrogens with zero attached hydrogens (tertiary/aromatic N) is 2. The van der Waals surface area contributed by atoms with Crippen LogP contribution in [-0.2, 0) is 18.3 Å². The number of nitrogens with two attached hydrogens (primary N) is 1. The summed E-state index contributed by atoms with van der Waals surface area (Å²) in [5, 5.41) is 8.46. The molecule has 1 aromatic heterocycles. The predicted octanol–water partition coefficient (Wildman–Crippen LogP) is -0.110. The van der Waals surface area contributed by atoms with Gasteiger partial charge in [-0.2, -0.15) is 0 Å². The normalized spacial score (nSPS) is 11.6. The summed E-state index contributed by atoms with van der Waals surface area (Å²) >= 11 is 0. The number of allylic oxidation sites excluding steroid dienone is 1. The second kappa shape index (κ2) is 3.75. The summed E-state index contributed by atoms with van der Waals surface area (Å²) < 4.78 is 1.81. The van der Waals surface area contributed by atoms with E-state index < -0.39 is 5.97 Å². The van der Waals surface area contributed by atoms with Crippen molar-refractivity contribution in [1.82, 2.24) is 9.55 Å². The van der Waals surface area contributed by atoms with Gasteiger partial charge in [0.15, 0.2) is 0 Å². The lowest BCUT2D eigenvalue weighted by molar-refractivity contribution is -0.132. The molecule has 0 radical (unpaired) electrons. The van der Waals surface area contributed by atoms with Crippen molar-refractivity contribution in [1.29, 1.82) is 0 Å². The van der Waals surface area contributed by atoms with Gasteiger partial charge in [-0.1, -0.05) is 0 Å². The summed E-state index contributed by atoms with van der Waals surface area (Å²) in [6.45, 7) is 0. The molecule has 0 atom stereocenters. The van der Waals surface area contributed by atoms with Gasteiger partial charge in [0.2, 0.25) is 0 Å². The molecule has 0 fully saturated rings. The van der Waals surface area contributed by atoms with Gasteiger partial charge >= 0.3 is 5.97 Å². The number of rotatable bonds is 3. The number of hydrogen-bond donors (Lipinski definition) is 2. The molecule has 1 rings (SSSR count). The molecule has 5 nitrogen and oxygen atoms in total. The molecule has 0 unspecified atom stereocenters. The van der Waals surface area contributed by atoms with E-state index in [-0.39, 0.29) is 5.70 Å². The zero-order valence-corrected chi connectivity index (χ0v) is 7.27. The van der Waals surface area contributed by atoms with Crippen LogP contribution in [0.3, 0.4) is 0 Å². The monoisotopic (exact) mass is 181 g/mol. The average molecular weight is 181 g/mol. The van der Waals surface area contributed by atoms with E-state index in [9.17, 15) is 4.79 Å². The highest BCUT2D eigenvalue weighted by molar-refractivity contribution is 5.85.